The Labute approximate surface area is 99.2 Å². The average molecular weight is 234 g/mol. The Morgan fingerprint density at radius 1 is 1.12 bits per heavy atom. The fourth-order valence-electron chi connectivity index (χ4n) is 1.63. The molecule has 2 rings (SSSR count). The number of pyridine rings is 1. The molecule has 1 aromatic carbocycles. The fraction of sp³-hybridized carbons (Fsp3) is 0.0833. The summed E-state index contributed by atoms with van der Waals surface area (Å²) < 4.78 is 0. The molecule has 3 nitrogen and oxygen atoms in total. The monoisotopic (exact) mass is 233 g/mol. The van der Waals surface area contributed by atoms with E-state index in [2.05, 4.69) is 10.4 Å². The van der Waals surface area contributed by atoms with Gasteiger partial charge in [-0.2, -0.15) is 0 Å². The van der Waals surface area contributed by atoms with Crippen LogP contribution in [0, 0.1) is 0 Å². The molecule has 0 bridgehead atoms. The molecule has 1 heterocycles. The van der Waals surface area contributed by atoms with E-state index < -0.39 is 0 Å². The van der Waals surface area contributed by atoms with Gasteiger partial charge in [-0.1, -0.05) is 41.9 Å². The minimum absolute atomic E-state index is 0.0679. The first-order valence-corrected chi connectivity index (χ1v) is 5.31. The van der Waals surface area contributed by atoms with Crippen LogP contribution in [-0.4, -0.2) is 4.98 Å². The predicted molar refractivity (Wildman–Crippen MR) is 64.9 cm³/mol. The zero-order valence-electron chi connectivity index (χ0n) is 8.60. The van der Waals surface area contributed by atoms with Gasteiger partial charge in [-0.15, -0.1) is 0 Å². The molecule has 0 aliphatic carbocycles. The van der Waals surface area contributed by atoms with E-state index in [9.17, 15) is 0 Å². The van der Waals surface area contributed by atoms with Crippen molar-refractivity contribution in [3.8, 4) is 0 Å². The molecule has 1 unspecified atom stereocenters. The van der Waals surface area contributed by atoms with Gasteiger partial charge >= 0.3 is 0 Å². The van der Waals surface area contributed by atoms with E-state index in [-0.39, 0.29) is 6.04 Å². The summed E-state index contributed by atoms with van der Waals surface area (Å²) in [6, 6.07) is 13.6. The summed E-state index contributed by atoms with van der Waals surface area (Å²) in [5.74, 6) is 5.57. The number of rotatable bonds is 3. The highest BCUT2D eigenvalue weighted by molar-refractivity contribution is 6.29. The minimum atomic E-state index is -0.0679. The summed E-state index contributed by atoms with van der Waals surface area (Å²) in [6.45, 7) is 0. The fourth-order valence-corrected chi connectivity index (χ4v) is 1.81. The van der Waals surface area contributed by atoms with Crippen molar-refractivity contribution < 1.29 is 0 Å². The average Bonchev–Trinajstić information content (AvgIpc) is 2.31. The van der Waals surface area contributed by atoms with Crippen molar-refractivity contribution in [3.05, 3.63) is 64.9 Å². The van der Waals surface area contributed by atoms with Gasteiger partial charge in [0.2, 0.25) is 0 Å². The third-order valence-electron chi connectivity index (χ3n) is 2.38. The maximum Gasteiger partial charge on any atom is 0.129 e. The second-order valence-corrected chi connectivity index (χ2v) is 3.81. The first-order chi connectivity index (χ1) is 7.81. The van der Waals surface area contributed by atoms with E-state index in [1.165, 1.54) is 0 Å². The standard InChI is InChI=1S/C12H12ClN3/c13-11-8-10(6-7-15-11)12(16-14)9-4-2-1-3-5-9/h1-8,12,16H,14H2. The van der Waals surface area contributed by atoms with Gasteiger partial charge in [0, 0.05) is 6.20 Å². The Kier molecular flexibility index (Phi) is 3.51. The molecule has 3 N–H and O–H groups in total. The van der Waals surface area contributed by atoms with Gasteiger partial charge in [0.05, 0.1) is 6.04 Å². The number of hydrazine groups is 1. The van der Waals surface area contributed by atoms with Gasteiger partial charge in [-0.25, -0.2) is 10.4 Å². The van der Waals surface area contributed by atoms with E-state index in [0.717, 1.165) is 11.1 Å². The molecule has 2 aromatic rings. The molecule has 0 spiro atoms. The van der Waals surface area contributed by atoms with Crippen LogP contribution in [0.5, 0.6) is 0 Å². The van der Waals surface area contributed by atoms with Gasteiger partial charge in [0.25, 0.3) is 0 Å². The highest BCUT2D eigenvalue weighted by Gasteiger charge is 2.11. The van der Waals surface area contributed by atoms with Crippen LogP contribution in [0.3, 0.4) is 0 Å². The molecule has 82 valence electrons. The van der Waals surface area contributed by atoms with Crippen LogP contribution in [0.2, 0.25) is 5.15 Å². The van der Waals surface area contributed by atoms with Gasteiger partial charge < -0.3 is 0 Å². The summed E-state index contributed by atoms with van der Waals surface area (Å²) in [4.78, 5) is 3.95. The molecule has 0 fully saturated rings. The number of nitrogens with one attached hydrogen (secondary N) is 1. The zero-order valence-corrected chi connectivity index (χ0v) is 9.35. The molecular formula is C12H12ClN3. The lowest BCUT2D eigenvalue weighted by atomic mass is 10.0. The number of benzene rings is 1. The normalized spacial score (nSPS) is 12.4. The lowest BCUT2D eigenvalue weighted by Gasteiger charge is -2.16. The predicted octanol–water partition coefficient (Wildman–Crippen LogP) is 2.29. The SMILES string of the molecule is NNC(c1ccccc1)c1ccnc(Cl)c1. The van der Waals surface area contributed by atoms with Crippen LogP contribution in [0.4, 0.5) is 0 Å². The number of hydrogen-bond donors (Lipinski definition) is 2. The van der Waals surface area contributed by atoms with Crippen molar-refractivity contribution in [2.24, 2.45) is 5.84 Å². The van der Waals surface area contributed by atoms with Crippen LogP contribution in [0.1, 0.15) is 17.2 Å². The molecular weight excluding hydrogens is 222 g/mol. The van der Waals surface area contributed by atoms with Crippen molar-refractivity contribution in [3.63, 3.8) is 0 Å². The summed E-state index contributed by atoms with van der Waals surface area (Å²) in [6.07, 6.45) is 1.67. The van der Waals surface area contributed by atoms with Crippen molar-refractivity contribution in [2.45, 2.75) is 6.04 Å². The van der Waals surface area contributed by atoms with E-state index in [4.69, 9.17) is 17.4 Å². The second kappa shape index (κ2) is 5.07. The molecule has 0 saturated carbocycles. The highest BCUT2D eigenvalue weighted by Crippen LogP contribution is 2.22. The number of nitrogens with two attached hydrogens (primary N) is 1. The Balaban J connectivity index is 2.37. The van der Waals surface area contributed by atoms with Crippen molar-refractivity contribution in [1.82, 2.24) is 10.4 Å². The molecule has 0 saturated heterocycles. The van der Waals surface area contributed by atoms with Crippen LogP contribution in [0.25, 0.3) is 0 Å². The van der Waals surface area contributed by atoms with Gasteiger partial charge in [-0.3, -0.25) is 5.84 Å². The van der Waals surface area contributed by atoms with Gasteiger partial charge in [0.15, 0.2) is 0 Å². The molecule has 0 aliphatic rings. The van der Waals surface area contributed by atoms with E-state index in [1.807, 2.05) is 36.4 Å². The molecule has 0 radical (unpaired) electrons. The van der Waals surface area contributed by atoms with Crippen molar-refractivity contribution in [1.29, 1.82) is 0 Å². The number of halogens is 1. The minimum Gasteiger partial charge on any atom is -0.271 e. The van der Waals surface area contributed by atoms with Crippen molar-refractivity contribution in [2.75, 3.05) is 0 Å². The first-order valence-electron chi connectivity index (χ1n) is 4.94. The van der Waals surface area contributed by atoms with Gasteiger partial charge in [-0.05, 0) is 23.3 Å². The molecule has 4 heteroatoms. The van der Waals surface area contributed by atoms with E-state index >= 15 is 0 Å². The topological polar surface area (TPSA) is 50.9 Å². The zero-order chi connectivity index (χ0) is 11.4. The van der Waals surface area contributed by atoms with E-state index in [1.54, 1.807) is 12.3 Å². The summed E-state index contributed by atoms with van der Waals surface area (Å²) in [5.41, 5.74) is 4.86. The number of nitrogens with zero attached hydrogens (tertiary/aromatic N) is 1. The summed E-state index contributed by atoms with van der Waals surface area (Å²) >= 11 is 5.85. The van der Waals surface area contributed by atoms with Crippen LogP contribution in [0.15, 0.2) is 48.7 Å². The highest BCUT2D eigenvalue weighted by atomic mass is 35.5. The number of hydrogen-bond acceptors (Lipinski definition) is 3. The third-order valence-corrected chi connectivity index (χ3v) is 2.59. The maximum absolute atomic E-state index is 5.85. The summed E-state index contributed by atoms with van der Waals surface area (Å²) in [5, 5.41) is 0.466. The van der Waals surface area contributed by atoms with Crippen molar-refractivity contribution >= 4 is 11.6 Å². The summed E-state index contributed by atoms with van der Waals surface area (Å²) in [7, 11) is 0. The Bertz CT molecular complexity index is 459. The Hall–Kier alpha value is -1.42. The largest absolute Gasteiger partial charge is 0.271 e. The molecule has 1 aromatic heterocycles. The van der Waals surface area contributed by atoms with E-state index in [0.29, 0.717) is 5.15 Å². The maximum atomic E-state index is 5.85. The van der Waals surface area contributed by atoms with Crippen LogP contribution >= 0.6 is 11.6 Å². The third kappa shape index (κ3) is 2.39. The second-order valence-electron chi connectivity index (χ2n) is 3.42. The van der Waals surface area contributed by atoms with Crippen LogP contribution < -0.4 is 11.3 Å². The first kappa shape index (κ1) is 11.1. The molecule has 16 heavy (non-hydrogen) atoms. The quantitative estimate of drug-likeness (QED) is 0.486. The lowest BCUT2D eigenvalue weighted by Crippen LogP contribution is -2.28. The molecule has 0 amide bonds. The Morgan fingerprint density at radius 2 is 1.88 bits per heavy atom. The molecule has 0 aliphatic heterocycles. The number of aromatic nitrogens is 1. The molecule has 1 atom stereocenters. The van der Waals surface area contributed by atoms with Crippen LogP contribution in [-0.2, 0) is 0 Å². The van der Waals surface area contributed by atoms with Gasteiger partial charge in [0.1, 0.15) is 5.15 Å². The Morgan fingerprint density at radius 3 is 2.50 bits per heavy atom. The smallest absolute Gasteiger partial charge is 0.129 e. The lowest BCUT2D eigenvalue weighted by molar-refractivity contribution is 0.636.